The first-order valence-electron chi connectivity index (χ1n) is 5.81. The van der Waals surface area contributed by atoms with Gasteiger partial charge in [-0.3, -0.25) is 4.79 Å². The highest BCUT2D eigenvalue weighted by Gasteiger charge is 2.61. The predicted molar refractivity (Wildman–Crippen MR) is 67.4 cm³/mol. The van der Waals surface area contributed by atoms with E-state index in [0.717, 1.165) is 0 Å². The molecule has 0 radical (unpaired) electrons. The normalized spacial score (nSPS) is 13.6. The van der Waals surface area contributed by atoms with Gasteiger partial charge in [-0.1, -0.05) is 0 Å². The highest BCUT2D eigenvalue weighted by Crippen LogP contribution is 2.34. The molecule has 6 nitrogen and oxygen atoms in total. The first-order valence-corrected chi connectivity index (χ1v) is 5.81. The van der Waals surface area contributed by atoms with Crippen molar-refractivity contribution in [2.75, 3.05) is 12.4 Å². The van der Waals surface area contributed by atoms with Gasteiger partial charge in [-0.05, 0) is 24.3 Å². The van der Waals surface area contributed by atoms with Crippen molar-refractivity contribution in [3.63, 3.8) is 0 Å². The lowest BCUT2D eigenvalue weighted by Crippen LogP contribution is -2.54. The van der Waals surface area contributed by atoms with E-state index in [1.165, 1.54) is 24.3 Å². The lowest BCUT2D eigenvalue weighted by Gasteiger charge is -2.26. The number of anilines is 1. The zero-order valence-electron chi connectivity index (χ0n) is 11.3. The number of hydrogen-bond acceptors (Lipinski definition) is 5. The SMILES string of the molecule is COC(=O)C(O)(CC(=O)Nc1ccc(C#N)cc1)C(F)(F)F. The molecule has 1 aromatic rings. The first kappa shape index (κ1) is 17.5. The Kier molecular flexibility index (Phi) is 5.11. The molecule has 0 bridgehead atoms. The fourth-order valence-corrected chi connectivity index (χ4v) is 1.52. The molecule has 1 unspecified atom stereocenters. The number of methoxy groups -OCH3 is 1. The van der Waals surface area contributed by atoms with Gasteiger partial charge in [0.15, 0.2) is 0 Å². The smallest absolute Gasteiger partial charge is 0.428 e. The van der Waals surface area contributed by atoms with E-state index in [1.807, 2.05) is 6.07 Å². The Morgan fingerprint density at radius 2 is 1.86 bits per heavy atom. The summed E-state index contributed by atoms with van der Waals surface area (Å²) in [4.78, 5) is 22.7. The maximum atomic E-state index is 12.8. The van der Waals surface area contributed by atoms with Gasteiger partial charge in [0.05, 0.1) is 25.2 Å². The quantitative estimate of drug-likeness (QED) is 0.817. The van der Waals surface area contributed by atoms with Crippen molar-refractivity contribution in [1.82, 2.24) is 0 Å². The maximum Gasteiger partial charge on any atom is 0.428 e. The van der Waals surface area contributed by atoms with Crippen LogP contribution in [0.5, 0.6) is 0 Å². The van der Waals surface area contributed by atoms with Crippen LogP contribution in [0.3, 0.4) is 0 Å². The Morgan fingerprint density at radius 1 is 1.32 bits per heavy atom. The van der Waals surface area contributed by atoms with Gasteiger partial charge in [0.25, 0.3) is 5.60 Å². The third kappa shape index (κ3) is 3.73. The van der Waals surface area contributed by atoms with Crippen molar-refractivity contribution in [2.45, 2.75) is 18.2 Å². The molecule has 1 rings (SSSR count). The number of hydrogen-bond donors (Lipinski definition) is 2. The highest BCUT2D eigenvalue weighted by molar-refractivity contribution is 5.96. The molecule has 0 aliphatic carbocycles. The number of nitrogens with one attached hydrogen (secondary N) is 1. The summed E-state index contributed by atoms with van der Waals surface area (Å²) in [6, 6.07) is 7.09. The van der Waals surface area contributed by atoms with Gasteiger partial charge in [0.1, 0.15) is 0 Å². The number of esters is 1. The lowest BCUT2D eigenvalue weighted by molar-refractivity contribution is -0.261. The van der Waals surface area contributed by atoms with Crippen LogP contribution in [0.2, 0.25) is 0 Å². The summed E-state index contributed by atoms with van der Waals surface area (Å²) in [5.41, 5.74) is -3.53. The molecule has 22 heavy (non-hydrogen) atoms. The zero-order valence-corrected chi connectivity index (χ0v) is 11.3. The van der Waals surface area contributed by atoms with Gasteiger partial charge in [0, 0.05) is 5.69 Å². The molecule has 0 fully saturated rings. The average molecular weight is 316 g/mol. The minimum absolute atomic E-state index is 0.110. The van der Waals surface area contributed by atoms with Crippen molar-refractivity contribution < 1.29 is 32.6 Å². The molecule has 1 amide bonds. The molecular weight excluding hydrogens is 305 g/mol. The fraction of sp³-hybridized carbons (Fsp3) is 0.308. The van der Waals surface area contributed by atoms with Gasteiger partial charge in [-0.2, -0.15) is 18.4 Å². The topological polar surface area (TPSA) is 99.4 Å². The predicted octanol–water partition coefficient (Wildman–Crippen LogP) is 1.35. The number of nitriles is 1. The Balaban J connectivity index is 2.88. The van der Waals surface area contributed by atoms with E-state index in [0.29, 0.717) is 12.7 Å². The summed E-state index contributed by atoms with van der Waals surface area (Å²) in [6.07, 6.45) is -6.93. The second-order valence-corrected chi connectivity index (χ2v) is 4.26. The number of alkyl halides is 3. The number of nitrogens with zero attached hydrogens (tertiary/aromatic N) is 1. The van der Waals surface area contributed by atoms with Gasteiger partial charge >= 0.3 is 12.1 Å². The summed E-state index contributed by atoms with van der Waals surface area (Å²) in [7, 11) is 0.664. The second kappa shape index (κ2) is 6.44. The number of amides is 1. The molecule has 0 aliphatic heterocycles. The standard InChI is InChI=1S/C13H11F3N2O4/c1-22-11(20)12(21,13(14,15)16)6-10(19)18-9-4-2-8(7-17)3-5-9/h2-5,21H,6H2,1H3,(H,18,19). The average Bonchev–Trinajstić information content (AvgIpc) is 2.45. The van der Waals surface area contributed by atoms with Crippen molar-refractivity contribution in [2.24, 2.45) is 0 Å². The highest BCUT2D eigenvalue weighted by atomic mass is 19.4. The molecule has 2 N–H and O–H groups in total. The van der Waals surface area contributed by atoms with Crippen LogP contribution in [0.25, 0.3) is 0 Å². The van der Waals surface area contributed by atoms with Crippen LogP contribution in [-0.4, -0.2) is 35.9 Å². The first-order chi connectivity index (χ1) is 10.1. The number of halogens is 3. The number of aliphatic hydroxyl groups is 1. The largest absolute Gasteiger partial charge is 0.467 e. The summed E-state index contributed by atoms with van der Waals surface area (Å²) in [5.74, 6) is -3.22. The third-order valence-corrected chi connectivity index (χ3v) is 2.71. The number of benzene rings is 1. The Hall–Kier alpha value is -2.60. The van der Waals surface area contributed by atoms with E-state index in [-0.39, 0.29) is 5.69 Å². The van der Waals surface area contributed by atoms with Crippen LogP contribution in [0.15, 0.2) is 24.3 Å². The molecule has 0 saturated carbocycles. The molecule has 0 heterocycles. The van der Waals surface area contributed by atoms with Gasteiger partial charge in [0.2, 0.25) is 5.91 Å². The molecule has 1 aromatic carbocycles. The van der Waals surface area contributed by atoms with Crippen molar-refractivity contribution in [3.05, 3.63) is 29.8 Å². The molecule has 1 atom stereocenters. The molecule has 118 valence electrons. The summed E-state index contributed by atoms with van der Waals surface area (Å²) >= 11 is 0. The van der Waals surface area contributed by atoms with Crippen LogP contribution in [0.1, 0.15) is 12.0 Å². The maximum absolute atomic E-state index is 12.8. The minimum Gasteiger partial charge on any atom is -0.467 e. The summed E-state index contributed by atoms with van der Waals surface area (Å²) in [6.45, 7) is 0. The van der Waals surface area contributed by atoms with E-state index in [1.54, 1.807) is 0 Å². The van der Waals surface area contributed by atoms with E-state index in [2.05, 4.69) is 10.1 Å². The molecule has 0 spiro atoms. The third-order valence-electron chi connectivity index (χ3n) is 2.71. The number of rotatable bonds is 4. The van der Waals surface area contributed by atoms with E-state index in [9.17, 15) is 27.9 Å². The summed E-state index contributed by atoms with van der Waals surface area (Å²) in [5, 5.41) is 20.1. The fourth-order valence-electron chi connectivity index (χ4n) is 1.52. The molecule has 0 aromatic heterocycles. The molecule has 0 aliphatic rings. The van der Waals surface area contributed by atoms with Crippen LogP contribution < -0.4 is 5.32 Å². The van der Waals surface area contributed by atoms with Crippen LogP contribution in [0, 0.1) is 11.3 Å². The molecule has 9 heteroatoms. The van der Waals surface area contributed by atoms with Gasteiger partial charge in [-0.25, -0.2) is 4.79 Å². The number of carbonyl (C=O) groups excluding carboxylic acids is 2. The monoisotopic (exact) mass is 316 g/mol. The van der Waals surface area contributed by atoms with Crippen molar-refractivity contribution in [1.29, 1.82) is 5.26 Å². The molecular formula is C13H11F3N2O4. The van der Waals surface area contributed by atoms with Crippen LogP contribution >= 0.6 is 0 Å². The van der Waals surface area contributed by atoms with Crippen molar-refractivity contribution in [3.8, 4) is 6.07 Å². The van der Waals surface area contributed by atoms with Crippen LogP contribution in [0.4, 0.5) is 18.9 Å². The molecule has 0 saturated heterocycles. The van der Waals surface area contributed by atoms with E-state index < -0.39 is 30.1 Å². The van der Waals surface area contributed by atoms with E-state index in [4.69, 9.17) is 5.26 Å². The van der Waals surface area contributed by atoms with Gasteiger partial charge < -0.3 is 15.2 Å². The van der Waals surface area contributed by atoms with Gasteiger partial charge in [-0.15, -0.1) is 0 Å². The zero-order chi connectivity index (χ0) is 17.0. The number of ether oxygens (including phenoxy) is 1. The van der Waals surface area contributed by atoms with Crippen molar-refractivity contribution >= 4 is 17.6 Å². The number of carbonyl (C=O) groups is 2. The second-order valence-electron chi connectivity index (χ2n) is 4.26. The van der Waals surface area contributed by atoms with E-state index >= 15 is 0 Å². The Bertz CT molecular complexity index is 607. The minimum atomic E-state index is -5.37. The van der Waals surface area contributed by atoms with Crippen LogP contribution in [-0.2, 0) is 14.3 Å². The Morgan fingerprint density at radius 3 is 2.27 bits per heavy atom. The lowest BCUT2D eigenvalue weighted by atomic mass is 9.98. The summed E-state index contributed by atoms with van der Waals surface area (Å²) < 4.78 is 42.2. The Labute approximate surface area is 123 Å².